The summed E-state index contributed by atoms with van der Waals surface area (Å²) < 4.78 is 26.2. The average molecular weight is 347 g/mol. The Morgan fingerprint density at radius 1 is 1.42 bits per heavy atom. The fraction of sp³-hybridized carbons (Fsp3) is 0.417. The quantitative estimate of drug-likeness (QED) is 0.874. The zero-order valence-electron chi connectivity index (χ0n) is 10.5. The predicted octanol–water partition coefficient (Wildman–Crippen LogP) is 1.35. The number of nitrogens with zero attached hydrogens (tertiary/aromatic N) is 1. The largest absolute Gasteiger partial charge is 0.352 e. The van der Waals surface area contributed by atoms with Crippen LogP contribution in [0, 0.1) is 0 Å². The first-order valence-corrected chi connectivity index (χ1v) is 8.15. The third-order valence-electron chi connectivity index (χ3n) is 2.83. The summed E-state index contributed by atoms with van der Waals surface area (Å²) in [5.74, 6) is -0.263. The maximum Gasteiger partial charge on any atom is 0.244 e. The lowest BCUT2D eigenvalue weighted by Crippen LogP contribution is -2.39. The van der Waals surface area contributed by atoms with E-state index in [0.29, 0.717) is 4.47 Å². The second-order valence-corrected chi connectivity index (χ2v) is 7.40. The number of carbonyl (C=O) groups excluding carboxylic acids is 1. The van der Waals surface area contributed by atoms with E-state index in [4.69, 9.17) is 0 Å². The normalized spacial score (nSPS) is 15.5. The lowest BCUT2D eigenvalue weighted by atomic mass is 10.4. The van der Waals surface area contributed by atoms with Crippen molar-refractivity contribution in [2.75, 3.05) is 13.6 Å². The number of hydrogen-bond acceptors (Lipinski definition) is 3. The molecule has 0 bridgehead atoms. The maximum atomic E-state index is 12.3. The average Bonchev–Trinajstić information content (AvgIpc) is 3.12. The molecule has 1 aliphatic carbocycles. The van der Waals surface area contributed by atoms with Crippen LogP contribution in [0.1, 0.15) is 12.8 Å². The van der Waals surface area contributed by atoms with Gasteiger partial charge in [0.25, 0.3) is 0 Å². The van der Waals surface area contributed by atoms with Gasteiger partial charge in [-0.05, 0) is 40.9 Å². The van der Waals surface area contributed by atoms with Gasteiger partial charge in [0.1, 0.15) is 0 Å². The van der Waals surface area contributed by atoms with Crippen LogP contribution in [-0.4, -0.2) is 38.3 Å². The Bertz CT molecular complexity index is 584. The number of amides is 1. The molecule has 0 aromatic heterocycles. The number of rotatable bonds is 5. The molecule has 1 aromatic rings. The van der Waals surface area contributed by atoms with Gasteiger partial charge in [0.05, 0.1) is 11.4 Å². The molecule has 1 amide bonds. The lowest BCUT2D eigenvalue weighted by Gasteiger charge is -2.17. The van der Waals surface area contributed by atoms with E-state index in [0.717, 1.165) is 17.1 Å². The number of halogens is 1. The van der Waals surface area contributed by atoms with Crippen molar-refractivity contribution in [1.29, 1.82) is 0 Å². The van der Waals surface area contributed by atoms with Gasteiger partial charge in [0.15, 0.2) is 0 Å². The second kappa shape index (κ2) is 5.60. The first kappa shape index (κ1) is 14.5. The van der Waals surface area contributed by atoms with Gasteiger partial charge in [-0.25, -0.2) is 8.42 Å². The van der Waals surface area contributed by atoms with Crippen molar-refractivity contribution in [3.63, 3.8) is 0 Å². The van der Waals surface area contributed by atoms with Crippen molar-refractivity contribution in [2.45, 2.75) is 23.8 Å². The van der Waals surface area contributed by atoms with Crippen LogP contribution < -0.4 is 5.32 Å². The molecule has 7 heteroatoms. The number of carbonyl (C=O) groups is 1. The van der Waals surface area contributed by atoms with Gasteiger partial charge in [-0.1, -0.05) is 12.1 Å². The highest BCUT2D eigenvalue weighted by Crippen LogP contribution is 2.24. The monoisotopic (exact) mass is 346 g/mol. The topological polar surface area (TPSA) is 66.5 Å². The Kier molecular flexibility index (Phi) is 4.27. The van der Waals surface area contributed by atoms with Crippen molar-refractivity contribution in [3.8, 4) is 0 Å². The standard InChI is InChI=1S/C12H15BrN2O3S/c1-15(8-12(16)14-9-6-7-9)19(17,18)11-5-3-2-4-10(11)13/h2-5,9H,6-8H2,1H3,(H,14,16). The number of likely N-dealkylation sites (N-methyl/N-ethyl adjacent to an activating group) is 1. The van der Waals surface area contributed by atoms with Crippen LogP contribution >= 0.6 is 15.9 Å². The van der Waals surface area contributed by atoms with Crippen molar-refractivity contribution in [3.05, 3.63) is 28.7 Å². The second-order valence-electron chi connectivity index (χ2n) is 4.53. The molecular formula is C12H15BrN2O3S. The first-order valence-electron chi connectivity index (χ1n) is 5.91. The minimum Gasteiger partial charge on any atom is -0.352 e. The highest BCUT2D eigenvalue weighted by Gasteiger charge is 2.28. The molecule has 1 N–H and O–H groups in total. The van der Waals surface area contributed by atoms with Gasteiger partial charge in [-0.2, -0.15) is 4.31 Å². The zero-order valence-corrected chi connectivity index (χ0v) is 12.9. The molecule has 0 heterocycles. The van der Waals surface area contributed by atoms with Crippen molar-refractivity contribution < 1.29 is 13.2 Å². The molecule has 0 unspecified atom stereocenters. The zero-order chi connectivity index (χ0) is 14.0. The Labute approximate surface area is 121 Å². The van der Waals surface area contributed by atoms with Crippen LogP contribution in [0.5, 0.6) is 0 Å². The summed E-state index contributed by atoms with van der Waals surface area (Å²) in [6, 6.07) is 6.78. The van der Waals surface area contributed by atoms with Crippen molar-refractivity contribution in [2.24, 2.45) is 0 Å². The molecule has 5 nitrogen and oxygen atoms in total. The summed E-state index contributed by atoms with van der Waals surface area (Å²) in [5, 5.41) is 2.77. The highest BCUT2D eigenvalue weighted by atomic mass is 79.9. The van der Waals surface area contributed by atoms with Crippen molar-refractivity contribution in [1.82, 2.24) is 9.62 Å². The minimum atomic E-state index is -3.65. The Morgan fingerprint density at radius 3 is 2.63 bits per heavy atom. The predicted molar refractivity (Wildman–Crippen MR) is 75.1 cm³/mol. The van der Waals surface area contributed by atoms with E-state index in [1.165, 1.54) is 13.1 Å². The molecule has 0 radical (unpaired) electrons. The molecule has 0 atom stereocenters. The van der Waals surface area contributed by atoms with E-state index in [1.54, 1.807) is 18.2 Å². The van der Waals surface area contributed by atoms with Crippen LogP contribution in [0.4, 0.5) is 0 Å². The molecule has 0 aliphatic heterocycles. The Hall–Kier alpha value is -0.920. The van der Waals surface area contributed by atoms with E-state index in [2.05, 4.69) is 21.2 Å². The van der Waals surface area contributed by atoms with Crippen LogP contribution in [0.2, 0.25) is 0 Å². The van der Waals surface area contributed by atoms with E-state index < -0.39 is 10.0 Å². The summed E-state index contributed by atoms with van der Waals surface area (Å²) in [6.07, 6.45) is 1.96. The van der Waals surface area contributed by atoms with Gasteiger partial charge < -0.3 is 5.32 Å². The molecule has 1 aliphatic rings. The molecule has 104 valence electrons. The van der Waals surface area contributed by atoms with E-state index in [1.807, 2.05) is 0 Å². The molecule has 0 spiro atoms. The van der Waals surface area contributed by atoms with Crippen LogP contribution in [0.15, 0.2) is 33.6 Å². The third-order valence-corrected chi connectivity index (χ3v) is 5.65. The van der Waals surface area contributed by atoms with E-state index in [9.17, 15) is 13.2 Å². The van der Waals surface area contributed by atoms with Gasteiger partial charge in [-0.3, -0.25) is 4.79 Å². The smallest absolute Gasteiger partial charge is 0.244 e. The van der Waals surface area contributed by atoms with E-state index in [-0.39, 0.29) is 23.4 Å². The molecule has 19 heavy (non-hydrogen) atoms. The van der Waals surface area contributed by atoms with Gasteiger partial charge in [0, 0.05) is 17.6 Å². The summed E-state index contributed by atoms with van der Waals surface area (Å²) >= 11 is 3.21. The van der Waals surface area contributed by atoms with Crippen LogP contribution in [0.25, 0.3) is 0 Å². The number of benzene rings is 1. The Balaban J connectivity index is 2.10. The van der Waals surface area contributed by atoms with Crippen molar-refractivity contribution >= 4 is 31.9 Å². The Morgan fingerprint density at radius 2 is 2.05 bits per heavy atom. The third kappa shape index (κ3) is 3.55. The maximum absolute atomic E-state index is 12.3. The minimum absolute atomic E-state index is 0.164. The summed E-state index contributed by atoms with van der Waals surface area (Å²) in [7, 11) is -2.25. The molecule has 1 aromatic carbocycles. The highest BCUT2D eigenvalue weighted by molar-refractivity contribution is 9.10. The van der Waals surface area contributed by atoms with Gasteiger partial charge in [-0.15, -0.1) is 0 Å². The molecular weight excluding hydrogens is 332 g/mol. The SMILES string of the molecule is CN(CC(=O)NC1CC1)S(=O)(=O)c1ccccc1Br. The van der Waals surface area contributed by atoms with Gasteiger partial charge in [0.2, 0.25) is 15.9 Å². The van der Waals surface area contributed by atoms with E-state index >= 15 is 0 Å². The van der Waals surface area contributed by atoms with Crippen LogP contribution in [0.3, 0.4) is 0 Å². The molecule has 1 fully saturated rings. The fourth-order valence-electron chi connectivity index (χ4n) is 1.61. The molecule has 1 saturated carbocycles. The van der Waals surface area contributed by atoms with Crippen LogP contribution in [-0.2, 0) is 14.8 Å². The number of nitrogens with one attached hydrogen (secondary N) is 1. The fourth-order valence-corrected chi connectivity index (χ4v) is 3.70. The molecule has 0 saturated heterocycles. The van der Waals surface area contributed by atoms with Gasteiger partial charge >= 0.3 is 0 Å². The number of hydrogen-bond donors (Lipinski definition) is 1. The number of sulfonamides is 1. The summed E-state index contributed by atoms with van der Waals surface area (Å²) in [4.78, 5) is 11.8. The summed E-state index contributed by atoms with van der Waals surface area (Å²) in [6.45, 7) is -0.167. The summed E-state index contributed by atoms with van der Waals surface area (Å²) in [5.41, 5.74) is 0. The molecule has 2 rings (SSSR count). The first-order chi connectivity index (χ1) is 8.91. The lowest BCUT2D eigenvalue weighted by molar-refractivity contribution is -0.121.